The van der Waals surface area contributed by atoms with E-state index in [1.165, 1.54) is 0 Å². The zero-order valence-corrected chi connectivity index (χ0v) is 11.0. The topological polar surface area (TPSA) is 66.4 Å². The first kappa shape index (κ1) is 15.3. The molecule has 0 aliphatic heterocycles. The highest BCUT2D eigenvalue weighted by molar-refractivity contribution is 7.98. The number of carbonyl (C=O) groups is 2. The Bertz CT molecular complexity index is 233. The summed E-state index contributed by atoms with van der Waals surface area (Å²) in [5.41, 5.74) is 0. The first-order chi connectivity index (χ1) is 7.51. The summed E-state index contributed by atoms with van der Waals surface area (Å²) in [6, 6.07) is -0.746. The van der Waals surface area contributed by atoms with Crippen LogP contribution in [-0.4, -0.2) is 35.0 Å². The summed E-state index contributed by atoms with van der Waals surface area (Å²) in [5, 5.41) is 11.5. The number of thioether (sulfide) groups is 1. The second kappa shape index (κ2) is 8.44. The van der Waals surface area contributed by atoms with Gasteiger partial charge in [-0.15, -0.1) is 0 Å². The zero-order chi connectivity index (χ0) is 12.6. The van der Waals surface area contributed by atoms with Crippen molar-refractivity contribution in [1.29, 1.82) is 0 Å². The van der Waals surface area contributed by atoms with Crippen LogP contribution >= 0.6 is 11.8 Å². The average Bonchev–Trinajstić information content (AvgIpc) is 2.23. The SMILES string of the molecule is CCC(C)CC(=O)NC(CCSC)C(=O)O. The van der Waals surface area contributed by atoms with E-state index in [0.29, 0.717) is 18.8 Å². The molecule has 0 spiro atoms. The summed E-state index contributed by atoms with van der Waals surface area (Å²) < 4.78 is 0. The Morgan fingerprint density at radius 3 is 2.50 bits per heavy atom. The maximum absolute atomic E-state index is 11.5. The van der Waals surface area contributed by atoms with Gasteiger partial charge in [0.2, 0.25) is 5.91 Å². The van der Waals surface area contributed by atoms with Crippen LogP contribution in [0.2, 0.25) is 0 Å². The summed E-state index contributed by atoms with van der Waals surface area (Å²) in [4.78, 5) is 22.4. The third-order valence-electron chi connectivity index (χ3n) is 2.47. The van der Waals surface area contributed by atoms with E-state index < -0.39 is 12.0 Å². The fourth-order valence-corrected chi connectivity index (χ4v) is 1.68. The van der Waals surface area contributed by atoms with E-state index in [1.54, 1.807) is 11.8 Å². The van der Waals surface area contributed by atoms with Gasteiger partial charge in [-0.25, -0.2) is 4.79 Å². The highest BCUT2D eigenvalue weighted by atomic mass is 32.2. The summed E-state index contributed by atoms with van der Waals surface area (Å²) in [5.74, 6) is -0.0787. The minimum Gasteiger partial charge on any atom is -0.480 e. The fraction of sp³-hybridized carbons (Fsp3) is 0.818. The van der Waals surface area contributed by atoms with E-state index in [-0.39, 0.29) is 5.91 Å². The van der Waals surface area contributed by atoms with Gasteiger partial charge in [-0.3, -0.25) is 4.79 Å². The Morgan fingerprint density at radius 2 is 2.06 bits per heavy atom. The maximum atomic E-state index is 11.5. The van der Waals surface area contributed by atoms with Gasteiger partial charge in [-0.1, -0.05) is 20.3 Å². The summed E-state index contributed by atoms with van der Waals surface area (Å²) in [7, 11) is 0. The molecule has 0 aromatic carbocycles. The van der Waals surface area contributed by atoms with Crippen molar-refractivity contribution in [1.82, 2.24) is 5.32 Å². The molecule has 0 aliphatic rings. The van der Waals surface area contributed by atoms with Gasteiger partial charge in [-0.2, -0.15) is 11.8 Å². The van der Waals surface area contributed by atoms with Gasteiger partial charge in [0.25, 0.3) is 0 Å². The van der Waals surface area contributed by atoms with Crippen molar-refractivity contribution in [3.63, 3.8) is 0 Å². The number of carboxylic acid groups (broad SMARTS) is 1. The molecule has 0 aromatic heterocycles. The number of carboxylic acids is 1. The smallest absolute Gasteiger partial charge is 0.326 e. The minimum atomic E-state index is -0.952. The third-order valence-corrected chi connectivity index (χ3v) is 3.12. The lowest BCUT2D eigenvalue weighted by atomic mass is 10.0. The molecule has 2 unspecified atom stereocenters. The number of hydrogen-bond acceptors (Lipinski definition) is 3. The van der Waals surface area contributed by atoms with Crippen molar-refractivity contribution >= 4 is 23.6 Å². The summed E-state index contributed by atoms with van der Waals surface area (Å²) in [6.45, 7) is 4.00. The van der Waals surface area contributed by atoms with Crippen molar-refractivity contribution in [2.45, 2.75) is 39.2 Å². The fourth-order valence-electron chi connectivity index (χ4n) is 1.21. The quantitative estimate of drug-likeness (QED) is 0.685. The molecule has 5 heteroatoms. The standard InChI is InChI=1S/C11H21NO3S/c1-4-8(2)7-10(13)12-9(11(14)15)5-6-16-3/h8-9H,4-7H2,1-3H3,(H,12,13)(H,14,15). The lowest BCUT2D eigenvalue weighted by Gasteiger charge is -2.15. The number of carbonyl (C=O) groups excluding carboxylic acids is 1. The van der Waals surface area contributed by atoms with Crippen LogP contribution in [0.5, 0.6) is 0 Å². The van der Waals surface area contributed by atoms with Crippen LogP contribution < -0.4 is 5.32 Å². The Hall–Kier alpha value is -0.710. The molecule has 2 atom stereocenters. The van der Waals surface area contributed by atoms with Gasteiger partial charge in [0.05, 0.1) is 0 Å². The number of nitrogens with one attached hydrogen (secondary N) is 1. The molecule has 4 nitrogen and oxygen atoms in total. The Morgan fingerprint density at radius 1 is 1.44 bits per heavy atom. The van der Waals surface area contributed by atoms with Crippen molar-refractivity contribution in [3.05, 3.63) is 0 Å². The van der Waals surface area contributed by atoms with E-state index in [4.69, 9.17) is 5.11 Å². The molecule has 0 rings (SSSR count). The Labute approximate surface area is 101 Å². The first-order valence-electron chi connectivity index (χ1n) is 5.52. The van der Waals surface area contributed by atoms with Gasteiger partial charge in [-0.05, 0) is 24.3 Å². The van der Waals surface area contributed by atoms with Gasteiger partial charge in [0, 0.05) is 6.42 Å². The van der Waals surface area contributed by atoms with Crippen LogP contribution in [0.4, 0.5) is 0 Å². The summed E-state index contributed by atoms with van der Waals surface area (Å²) >= 11 is 1.58. The van der Waals surface area contributed by atoms with Gasteiger partial charge in [0.1, 0.15) is 6.04 Å². The molecule has 0 saturated heterocycles. The predicted molar refractivity (Wildman–Crippen MR) is 66.6 cm³/mol. The molecule has 94 valence electrons. The van der Waals surface area contributed by atoms with E-state index in [1.807, 2.05) is 20.1 Å². The summed E-state index contributed by atoms with van der Waals surface area (Å²) in [6.07, 6.45) is 3.72. The molecule has 2 N–H and O–H groups in total. The molecule has 0 heterocycles. The van der Waals surface area contributed by atoms with Crippen molar-refractivity contribution in [2.75, 3.05) is 12.0 Å². The lowest BCUT2D eigenvalue weighted by Crippen LogP contribution is -2.41. The highest BCUT2D eigenvalue weighted by Gasteiger charge is 2.19. The largest absolute Gasteiger partial charge is 0.480 e. The lowest BCUT2D eigenvalue weighted by molar-refractivity contribution is -0.142. The van der Waals surface area contributed by atoms with E-state index in [0.717, 1.165) is 12.2 Å². The maximum Gasteiger partial charge on any atom is 0.326 e. The molecule has 0 aliphatic carbocycles. The number of aliphatic carboxylic acids is 1. The molecular weight excluding hydrogens is 226 g/mol. The van der Waals surface area contributed by atoms with E-state index >= 15 is 0 Å². The molecule has 1 amide bonds. The second-order valence-corrected chi connectivity index (χ2v) is 4.94. The molecule has 0 bridgehead atoms. The van der Waals surface area contributed by atoms with Crippen molar-refractivity contribution < 1.29 is 14.7 Å². The van der Waals surface area contributed by atoms with Gasteiger partial charge in [0.15, 0.2) is 0 Å². The second-order valence-electron chi connectivity index (χ2n) is 3.96. The van der Waals surface area contributed by atoms with Crippen LogP contribution in [0.25, 0.3) is 0 Å². The average molecular weight is 247 g/mol. The van der Waals surface area contributed by atoms with Crippen molar-refractivity contribution in [2.24, 2.45) is 5.92 Å². The van der Waals surface area contributed by atoms with Crippen LogP contribution in [0.1, 0.15) is 33.1 Å². The monoisotopic (exact) mass is 247 g/mol. The molecule has 0 aromatic rings. The molecule has 16 heavy (non-hydrogen) atoms. The predicted octanol–water partition coefficient (Wildman–Crippen LogP) is 1.75. The first-order valence-corrected chi connectivity index (χ1v) is 6.91. The van der Waals surface area contributed by atoms with Gasteiger partial charge < -0.3 is 10.4 Å². The number of rotatable bonds is 8. The van der Waals surface area contributed by atoms with Crippen molar-refractivity contribution in [3.8, 4) is 0 Å². The Balaban J connectivity index is 4.07. The highest BCUT2D eigenvalue weighted by Crippen LogP contribution is 2.07. The third kappa shape index (κ3) is 6.71. The Kier molecular flexibility index (Phi) is 8.07. The molecular formula is C11H21NO3S. The van der Waals surface area contributed by atoms with Crippen LogP contribution in [0, 0.1) is 5.92 Å². The zero-order valence-electron chi connectivity index (χ0n) is 10.2. The van der Waals surface area contributed by atoms with E-state index in [2.05, 4.69) is 5.32 Å². The molecule has 0 radical (unpaired) electrons. The normalized spacial score (nSPS) is 14.2. The van der Waals surface area contributed by atoms with Crippen LogP contribution in [-0.2, 0) is 9.59 Å². The number of amides is 1. The van der Waals surface area contributed by atoms with Crippen LogP contribution in [0.15, 0.2) is 0 Å². The molecule has 0 saturated carbocycles. The number of hydrogen-bond donors (Lipinski definition) is 2. The minimum absolute atomic E-state index is 0.164. The molecule has 0 fully saturated rings. The van der Waals surface area contributed by atoms with Crippen LogP contribution in [0.3, 0.4) is 0 Å². The van der Waals surface area contributed by atoms with E-state index in [9.17, 15) is 9.59 Å². The van der Waals surface area contributed by atoms with Gasteiger partial charge >= 0.3 is 5.97 Å².